The van der Waals surface area contributed by atoms with Crippen LogP contribution in [0.5, 0.6) is 0 Å². The van der Waals surface area contributed by atoms with Crippen LogP contribution < -0.4 is 5.73 Å². The van der Waals surface area contributed by atoms with Crippen molar-refractivity contribution < 1.29 is 17.6 Å². The molecule has 1 atom stereocenters. The Hall–Kier alpha value is -1.47. The molecule has 1 aromatic carbocycles. The van der Waals surface area contributed by atoms with E-state index in [9.17, 15) is 17.6 Å². The molecule has 0 spiro atoms. The summed E-state index contributed by atoms with van der Waals surface area (Å²) in [5.74, 6) is -1.51. The van der Waals surface area contributed by atoms with Crippen molar-refractivity contribution in [3.63, 3.8) is 0 Å². The van der Waals surface area contributed by atoms with E-state index in [0.29, 0.717) is 18.4 Å². The molecule has 0 aromatic heterocycles. The van der Waals surface area contributed by atoms with E-state index in [1.54, 1.807) is 6.92 Å². The minimum atomic E-state index is -4.05. The van der Waals surface area contributed by atoms with Crippen LogP contribution in [-0.2, 0) is 14.8 Å². The predicted octanol–water partition coefficient (Wildman–Crippen LogP) is 1.16. The Balaban J connectivity index is 2.47. The Morgan fingerprint density at radius 2 is 2.10 bits per heavy atom. The van der Waals surface area contributed by atoms with Crippen molar-refractivity contribution in [1.82, 2.24) is 4.31 Å². The molecule has 0 aliphatic carbocycles. The molecule has 0 saturated carbocycles. The van der Waals surface area contributed by atoms with Gasteiger partial charge in [0.15, 0.2) is 0 Å². The fourth-order valence-electron chi connectivity index (χ4n) is 2.41. The molecule has 1 aromatic rings. The maximum atomic E-state index is 13.8. The summed E-state index contributed by atoms with van der Waals surface area (Å²) in [4.78, 5) is 11.0. The van der Waals surface area contributed by atoms with Crippen molar-refractivity contribution in [2.75, 3.05) is 6.54 Å². The molecular weight excluding hydrogens is 283 g/mol. The molecule has 7 heteroatoms. The van der Waals surface area contributed by atoms with E-state index in [2.05, 4.69) is 0 Å². The molecule has 2 rings (SSSR count). The second-order valence-electron chi connectivity index (χ2n) is 4.96. The SMILES string of the molecule is Cc1ccc(F)c(S(=O)(=O)N2CCCCC2C(N)=O)c1. The van der Waals surface area contributed by atoms with Crippen LogP contribution in [0.25, 0.3) is 0 Å². The Morgan fingerprint density at radius 3 is 2.75 bits per heavy atom. The molecule has 2 N–H and O–H groups in total. The summed E-state index contributed by atoms with van der Waals surface area (Å²) < 4.78 is 40.0. The van der Waals surface area contributed by atoms with Crippen molar-refractivity contribution in [2.45, 2.75) is 37.1 Å². The van der Waals surface area contributed by atoms with Crippen molar-refractivity contribution in [1.29, 1.82) is 0 Å². The Bertz CT molecular complexity index is 631. The van der Waals surface area contributed by atoms with Gasteiger partial charge < -0.3 is 5.73 Å². The lowest BCUT2D eigenvalue weighted by molar-refractivity contribution is -0.122. The van der Waals surface area contributed by atoms with Gasteiger partial charge in [-0.15, -0.1) is 0 Å². The highest BCUT2D eigenvalue weighted by atomic mass is 32.2. The number of aryl methyl sites for hydroxylation is 1. The fraction of sp³-hybridized carbons (Fsp3) is 0.462. The molecule has 0 radical (unpaired) electrons. The Labute approximate surface area is 117 Å². The number of carbonyl (C=O) groups excluding carboxylic acids is 1. The Kier molecular flexibility index (Phi) is 4.10. The summed E-state index contributed by atoms with van der Waals surface area (Å²) in [5.41, 5.74) is 5.90. The quantitative estimate of drug-likeness (QED) is 0.909. The standard InChI is InChI=1S/C13H17FN2O3S/c1-9-5-6-10(14)12(8-9)20(18,19)16-7-3-2-4-11(16)13(15)17/h5-6,8,11H,2-4,7H2,1H3,(H2,15,17). The molecular formula is C13H17FN2O3S. The third-order valence-electron chi connectivity index (χ3n) is 3.46. The minimum Gasteiger partial charge on any atom is -0.368 e. The molecule has 1 saturated heterocycles. The number of halogens is 1. The molecule has 110 valence electrons. The van der Waals surface area contributed by atoms with E-state index < -0.39 is 32.7 Å². The number of amides is 1. The summed E-state index contributed by atoms with van der Waals surface area (Å²) >= 11 is 0. The van der Waals surface area contributed by atoms with Crippen molar-refractivity contribution in [3.05, 3.63) is 29.6 Å². The molecule has 20 heavy (non-hydrogen) atoms. The average Bonchev–Trinajstić information content (AvgIpc) is 2.41. The topological polar surface area (TPSA) is 80.5 Å². The van der Waals surface area contributed by atoms with Crippen molar-refractivity contribution in [2.24, 2.45) is 5.73 Å². The Morgan fingerprint density at radius 1 is 1.40 bits per heavy atom. The van der Waals surface area contributed by atoms with E-state index in [0.717, 1.165) is 16.8 Å². The van der Waals surface area contributed by atoms with Gasteiger partial charge in [0.2, 0.25) is 15.9 Å². The number of rotatable bonds is 3. The maximum Gasteiger partial charge on any atom is 0.246 e. The molecule has 1 unspecified atom stereocenters. The van der Waals surface area contributed by atoms with Crippen LogP contribution in [0, 0.1) is 12.7 Å². The van der Waals surface area contributed by atoms with Crippen LogP contribution in [0.15, 0.2) is 23.1 Å². The number of benzene rings is 1. The molecule has 1 amide bonds. The third kappa shape index (κ3) is 2.69. The maximum absolute atomic E-state index is 13.8. The number of hydrogen-bond acceptors (Lipinski definition) is 3. The summed E-state index contributed by atoms with van der Waals surface area (Å²) in [6.45, 7) is 1.86. The molecule has 1 aliphatic rings. The normalized spacial score (nSPS) is 20.8. The van der Waals surface area contributed by atoms with Crippen LogP contribution >= 0.6 is 0 Å². The fourth-order valence-corrected chi connectivity index (χ4v) is 4.23. The molecule has 0 bridgehead atoms. The van der Waals surface area contributed by atoms with Gasteiger partial charge in [-0.3, -0.25) is 4.79 Å². The van der Waals surface area contributed by atoms with Gasteiger partial charge in [0.1, 0.15) is 16.8 Å². The number of piperidine rings is 1. The first-order valence-corrected chi connectivity index (χ1v) is 7.85. The smallest absolute Gasteiger partial charge is 0.246 e. The van der Waals surface area contributed by atoms with Crippen LogP contribution in [0.1, 0.15) is 24.8 Å². The number of primary amides is 1. The van der Waals surface area contributed by atoms with Gasteiger partial charge in [0.05, 0.1) is 0 Å². The van der Waals surface area contributed by atoms with Gasteiger partial charge in [-0.2, -0.15) is 4.31 Å². The van der Waals surface area contributed by atoms with Gasteiger partial charge in [0, 0.05) is 6.54 Å². The van der Waals surface area contributed by atoms with Crippen LogP contribution in [-0.4, -0.2) is 31.2 Å². The number of hydrogen-bond donors (Lipinski definition) is 1. The van der Waals surface area contributed by atoms with Crippen LogP contribution in [0.3, 0.4) is 0 Å². The first kappa shape index (κ1) is 14.9. The highest BCUT2D eigenvalue weighted by Gasteiger charge is 2.37. The molecule has 1 aliphatic heterocycles. The van der Waals surface area contributed by atoms with E-state index in [-0.39, 0.29) is 6.54 Å². The van der Waals surface area contributed by atoms with Crippen LogP contribution in [0.4, 0.5) is 4.39 Å². The average molecular weight is 300 g/mol. The summed E-state index contributed by atoms with van der Waals surface area (Å²) in [5, 5.41) is 0. The summed E-state index contributed by atoms with van der Waals surface area (Å²) in [7, 11) is -4.05. The van der Waals surface area contributed by atoms with E-state index in [1.807, 2.05) is 0 Å². The zero-order chi connectivity index (χ0) is 14.9. The highest BCUT2D eigenvalue weighted by molar-refractivity contribution is 7.89. The van der Waals surface area contributed by atoms with Gasteiger partial charge in [-0.25, -0.2) is 12.8 Å². The molecule has 1 fully saturated rings. The third-order valence-corrected chi connectivity index (χ3v) is 5.38. The monoisotopic (exact) mass is 300 g/mol. The first-order valence-electron chi connectivity index (χ1n) is 6.41. The highest BCUT2D eigenvalue weighted by Crippen LogP contribution is 2.27. The number of nitrogens with zero attached hydrogens (tertiary/aromatic N) is 1. The second kappa shape index (κ2) is 5.49. The van der Waals surface area contributed by atoms with Crippen molar-refractivity contribution in [3.8, 4) is 0 Å². The zero-order valence-corrected chi connectivity index (χ0v) is 12.0. The second-order valence-corrected chi connectivity index (χ2v) is 6.82. The van der Waals surface area contributed by atoms with Gasteiger partial charge in [-0.05, 0) is 37.5 Å². The van der Waals surface area contributed by atoms with Crippen molar-refractivity contribution >= 4 is 15.9 Å². The number of sulfonamides is 1. The van der Waals surface area contributed by atoms with E-state index in [1.165, 1.54) is 12.1 Å². The lowest BCUT2D eigenvalue weighted by Crippen LogP contribution is -2.50. The lowest BCUT2D eigenvalue weighted by atomic mass is 10.0. The predicted molar refractivity (Wildman–Crippen MR) is 71.9 cm³/mol. The molecule has 5 nitrogen and oxygen atoms in total. The summed E-state index contributed by atoms with van der Waals surface area (Å²) in [6.07, 6.45) is 1.74. The number of nitrogens with two attached hydrogens (primary N) is 1. The molecule has 1 heterocycles. The zero-order valence-electron chi connectivity index (χ0n) is 11.2. The van der Waals surface area contributed by atoms with E-state index >= 15 is 0 Å². The summed E-state index contributed by atoms with van der Waals surface area (Å²) in [6, 6.07) is 2.99. The largest absolute Gasteiger partial charge is 0.368 e. The first-order chi connectivity index (χ1) is 9.34. The van der Waals surface area contributed by atoms with E-state index in [4.69, 9.17) is 5.73 Å². The van der Waals surface area contributed by atoms with Gasteiger partial charge >= 0.3 is 0 Å². The number of carbonyl (C=O) groups is 1. The minimum absolute atomic E-state index is 0.184. The van der Waals surface area contributed by atoms with Gasteiger partial charge in [-0.1, -0.05) is 12.5 Å². The van der Waals surface area contributed by atoms with Crippen LogP contribution in [0.2, 0.25) is 0 Å². The lowest BCUT2D eigenvalue weighted by Gasteiger charge is -2.32. The van der Waals surface area contributed by atoms with Gasteiger partial charge in [0.25, 0.3) is 0 Å².